The predicted octanol–water partition coefficient (Wildman–Crippen LogP) is 5.44. The molecule has 2 atom stereocenters. The van der Waals surface area contributed by atoms with Crippen LogP contribution in [-0.4, -0.2) is 18.7 Å². The van der Waals surface area contributed by atoms with Crippen molar-refractivity contribution in [1.29, 1.82) is 0 Å². The number of carbonyl (C=O) groups is 1. The lowest BCUT2D eigenvalue weighted by Gasteiger charge is -2.36. The van der Waals surface area contributed by atoms with Crippen LogP contribution in [0.15, 0.2) is 12.1 Å². The van der Waals surface area contributed by atoms with E-state index in [1.807, 2.05) is 6.92 Å². The summed E-state index contributed by atoms with van der Waals surface area (Å²) in [6, 6.07) is 3.16. The fourth-order valence-corrected chi connectivity index (χ4v) is 4.43. The molecular weight excluding hydrogens is 350 g/mol. The van der Waals surface area contributed by atoms with E-state index in [1.54, 1.807) is 13.0 Å². The number of rotatable bonds is 6. The summed E-state index contributed by atoms with van der Waals surface area (Å²) in [6.07, 6.45) is 7.61. The highest BCUT2D eigenvalue weighted by molar-refractivity contribution is 5.72. The van der Waals surface area contributed by atoms with Gasteiger partial charge in [-0.25, -0.2) is 4.39 Å². The number of halogens is 2. The van der Waals surface area contributed by atoms with Crippen LogP contribution in [0.25, 0.3) is 0 Å². The van der Waals surface area contributed by atoms with E-state index in [9.17, 15) is 13.6 Å². The van der Waals surface area contributed by atoms with Crippen molar-refractivity contribution in [3.05, 3.63) is 29.3 Å². The molecule has 5 heteroatoms. The van der Waals surface area contributed by atoms with E-state index in [4.69, 9.17) is 9.47 Å². The molecule has 2 unspecified atom stereocenters. The first-order chi connectivity index (χ1) is 13.0. The Kier molecular flexibility index (Phi) is 6.72. The second-order valence-electron chi connectivity index (χ2n) is 8.06. The predicted molar refractivity (Wildman–Crippen MR) is 99.6 cm³/mol. The Morgan fingerprint density at radius 1 is 1.07 bits per heavy atom. The van der Waals surface area contributed by atoms with Crippen LogP contribution in [-0.2, 0) is 16.0 Å². The number of aryl methyl sites for hydroxylation is 1. The van der Waals surface area contributed by atoms with Crippen molar-refractivity contribution in [2.75, 3.05) is 6.61 Å². The molecule has 3 nitrogen and oxygen atoms in total. The molecule has 3 rings (SSSR count). The van der Waals surface area contributed by atoms with Crippen LogP contribution in [0, 0.1) is 29.4 Å². The van der Waals surface area contributed by atoms with Crippen molar-refractivity contribution in [2.24, 2.45) is 17.8 Å². The highest BCUT2D eigenvalue weighted by Gasteiger charge is 2.34. The third kappa shape index (κ3) is 4.80. The number of hydrogen-bond donors (Lipinski definition) is 0. The number of cyclic esters (lactones) is 1. The number of hydrogen-bond acceptors (Lipinski definition) is 3. The SMILES string of the molecule is CCOc1ccc(CCC2CCC(C3CCC(C)C(=O)O3)CC2)c(F)c1F. The Labute approximate surface area is 160 Å². The molecule has 1 aliphatic carbocycles. The molecule has 0 N–H and O–H groups in total. The largest absolute Gasteiger partial charge is 0.491 e. The van der Waals surface area contributed by atoms with Crippen LogP contribution in [0.2, 0.25) is 0 Å². The number of carbonyl (C=O) groups excluding carboxylic acids is 1. The maximum atomic E-state index is 14.2. The molecule has 1 aliphatic heterocycles. The van der Waals surface area contributed by atoms with E-state index in [1.165, 1.54) is 6.07 Å². The highest BCUT2D eigenvalue weighted by atomic mass is 19.2. The van der Waals surface area contributed by atoms with E-state index in [0.717, 1.165) is 44.9 Å². The molecule has 1 aromatic carbocycles. The topological polar surface area (TPSA) is 35.5 Å². The standard InChI is InChI=1S/C22H30F2O3/c1-3-26-19-13-11-17(20(23)21(19)24)10-7-15-5-8-16(9-6-15)18-12-4-14(2)22(25)27-18/h11,13-16,18H,3-10,12H2,1-2H3. The summed E-state index contributed by atoms with van der Waals surface area (Å²) in [5, 5.41) is 0. The number of esters is 1. The van der Waals surface area contributed by atoms with Gasteiger partial charge in [0.15, 0.2) is 11.6 Å². The summed E-state index contributed by atoms with van der Waals surface area (Å²) < 4.78 is 38.9. The van der Waals surface area contributed by atoms with Gasteiger partial charge in [0.25, 0.3) is 0 Å². The Morgan fingerprint density at radius 3 is 2.48 bits per heavy atom. The van der Waals surface area contributed by atoms with Gasteiger partial charge in [-0.1, -0.05) is 25.8 Å². The zero-order valence-corrected chi connectivity index (χ0v) is 16.3. The van der Waals surface area contributed by atoms with E-state index < -0.39 is 11.6 Å². The first-order valence-corrected chi connectivity index (χ1v) is 10.3. The number of benzene rings is 1. The van der Waals surface area contributed by atoms with Gasteiger partial charge in [-0.3, -0.25) is 4.79 Å². The van der Waals surface area contributed by atoms with Crippen molar-refractivity contribution in [1.82, 2.24) is 0 Å². The Bertz CT molecular complexity index is 653. The summed E-state index contributed by atoms with van der Waals surface area (Å²) in [5.41, 5.74) is 0.424. The Hall–Kier alpha value is -1.65. The van der Waals surface area contributed by atoms with E-state index in [0.29, 0.717) is 30.4 Å². The van der Waals surface area contributed by atoms with Gasteiger partial charge in [0.1, 0.15) is 6.10 Å². The van der Waals surface area contributed by atoms with E-state index in [2.05, 4.69) is 0 Å². The van der Waals surface area contributed by atoms with Gasteiger partial charge in [-0.15, -0.1) is 0 Å². The minimum Gasteiger partial charge on any atom is -0.491 e. The molecule has 2 aliphatic rings. The van der Waals surface area contributed by atoms with Crippen LogP contribution >= 0.6 is 0 Å². The molecule has 0 aromatic heterocycles. The van der Waals surface area contributed by atoms with Gasteiger partial charge in [0, 0.05) is 0 Å². The molecular formula is C22H30F2O3. The van der Waals surface area contributed by atoms with Crippen LogP contribution in [0.3, 0.4) is 0 Å². The maximum absolute atomic E-state index is 14.2. The van der Waals surface area contributed by atoms with Crippen LogP contribution in [0.4, 0.5) is 8.78 Å². The van der Waals surface area contributed by atoms with Crippen molar-refractivity contribution in [2.45, 2.75) is 71.3 Å². The molecule has 150 valence electrons. The molecule has 0 radical (unpaired) electrons. The minimum absolute atomic E-state index is 0.0180. The molecule has 0 amide bonds. The van der Waals surface area contributed by atoms with Crippen LogP contribution in [0.1, 0.15) is 64.4 Å². The van der Waals surface area contributed by atoms with Gasteiger partial charge in [-0.2, -0.15) is 4.39 Å². The molecule has 1 aromatic rings. The molecule has 0 bridgehead atoms. The maximum Gasteiger partial charge on any atom is 0.308 e. The fraction of sp³-hybridized carbons (Fsp3) is 0.682. The monoisotopic (exact) mass is 380 g/mol. The summed E-state index contributed by atoms with van der Waals surface area (Å²) in [4.78, 5) is 11.8. The van der Waals surface area contributed by atoms with Gasteiger partial charge in [0.2, 0.25) is 5.82 Å². The molecule has 2 fully saturated rings. The normalized spacial score (nSPS) is 28.7. The van der Waals surface area contributed by atoms with E-state index >= 15 is 0 Å². The highest BCUT2D eigenvalue weighted by Crippen LogP contribution is 2.38. The summed E-state index contributed by atoms with van der Waals surface area (Å²) in [6.45, 7) is 3.99. The average molecular weight is 380 g/mol. The summed E-state index contributed by atoms with van der Waals surface area (Å²) >= 11 is 0. The first-order valence-electron chi connectivity index (χ1n) is 10.3. The lowest BCUT2D eigenvalue weighted by molar-refractivity contribution is -0.164. The average Bonchev–Trinajstić information content (AvgIpc) is 2.68. The summed E-state index contributed by atoms with van der Waals surface area (Å²) in [5.74, 6) is -0.728. The number of ether oxygens (including phenoxy) is 2. The Morgan fingerprint density at radius 2 is 1.81 bits per heavy atom. The lowest BCUT2D eigenvalue weighted by atomic mass is 9.75. The Balaban J connectivity index is 1.47. The third-order valence-corrected chi connectivity index (χ3v) is 6.22. The zero-order chi connectivity index (χ0) is 19.4. The molecule has 27 heavy (non-hydrogen) atoms. The lowest BCUT2D eigenvalue weighted by Crippen LogP contribution is -2.36. The molecule has 1 heterocycles. The summed E-state index contributed by atoms with van der Waals surface area (Å²) in [7, 11) is 0. The van der Waals surface area contributed by atoms with Crippen molar-refractivity contribution in [3.63, 3.8) is 0 Å². The van der Waals surface area contributed by atoms with Gasteiger partial charge >= 0.3 is 5.97 Å². The van der Waals surface area contributed by atoms with Gasteiger partial charge in [-0.05, 0) is 68.9 Å². The minimum atomic E-state index is -0.883. The van der Waals surface area contributed by atoms with Crippen molar-refractivity contribution >= 4 is 5.97 Å². The van der Waals surface area contributed by atoms with Crippen molar-refractivity contribution in [3.8, 4) is 5.75 Å². The van der Waals surface area contributed by atoms with Crippen LogP contribution < -0.4 is 4.74 Å². The second kappa shape index (κ2) is 9.03. The quantitative estimate of drug-likeness (QED) is 0.616. The van der Waals surface area contributed by atoms with E-state index in [-0.39, 0.29) is 23.7 Å². The smallest absolute Gasteiger partial charge is 0.308 e. The zero-order valence-electron chi connectivity index (χ0n) is 16.3. The second-order valence-corrected chi connectivity index (χ2v) is 8.06. The van der Waals surface area contributed by atoms with Crippen LogP contribution in [0.5, 0.6) is 5.75 Å². The molecule has 0 spiro atoms. The molecule has 1 saturated heterocycles. The fourth-order valence-electron chi connectivity index (χ4n) is 4.43. The third-order valence-electron chi connectivity index (χ3n) is 6.22. The molecule has 1 saturated carbocycles. The van der Waals surface area contributed by atoms with Gasteiger partial charge in [0.05, 0.1) is 12.5 Å². The van der Waals surface area contributed by atoms with Crippen molar-refractivity contribution < 1.29 is 23.0 Å². The first kappa shape index (κ1) is 20.1. The van der Waals surface area contributed by atoms with Gasteiger partial charge < -0.3 is 9.47 Å².